The van der Waals surface area contributed by atoms with Crippen LogP contribution >= 0.6 is 0 Å². The van der Waals surface area contributed by atoms with E-state index in [1.165, 1.54) is 6.07 Å². The van der Waals surface area contributed by atoms with Crippen LogP contribution in [0.4, 0.5) is 0 Å². The minimum atomic E-state index is -0.371. The van der Waals surface area contributed by atoms with Crippen LogP contribution in [0, 0.1) is 5.92 Å². The lowest BCUT2D eigenvalue weighted by Crippen LogP contribution is -2.38. The van der Waals surface area contributed by atoms with Crippen LogP contribution in [0.5, 0.6) is 0 Å². The van der Waals surface area contributed by atoms with Gasteiger partial charge < -0.3 is 9.42 Å². The van der Waals surface area contributed by atoms with Gasteiger partial charge >= 0.3 is 0 Å². The van der Waals surface area contributed by atoms with Crippen molar-refractivity contribution in [2.24, 2.45) is 5.92 Å². The number of likely N-dealkylation sites (tertiary alicyclic amines) is 1. The van der Waals surface area contributed by atoms with Crippen LogP contribution in [-0.2, 0) is 4.79 Å². The summed E-state index contributed by atoms with van der Waals surface area (Å²) >= 11 is 0. The van der Waals surface area contributed by atoms with Crippen molar-refractivity contribution in [3.8, 4) is 0 Å². The Kier molecular flexibility index (Phi) is 3.59. The number of H-pyrrole nitrogens is 1. The third-order valence-corrected chi connectivity index (χ3v) is 3.62. The molecule has 5 heteroatoms. The van der Waals surface area contributed by atoms with Crippen molar-refractivity contribution in [1.29, 1.82) is 0 Å². The quantitative estimate of drug-likeness (QED) is 0.890. The minimum absolute atomic E-state index is 0.0674. The molecule has 1 amide bonds. The van der Waals surface area contributed by atoms with E-state index >= 15 is 0 Å². The predicted octanol–water partition coefficient (Wildman–Crippen LogP) is 1.72. The van der Waals surface area contributed by atoms with Crippen molar-refractivity contribution in [1.82, 2.24) is 10.1 Å². The summed E-state index contributed by atoms with van der Waals surface area (Å²) in [5.74, 6) is 0.241. The van der Waals surface area contributed by atoms with Gasteiger partial charge in [-0.05, 0) is 25.7 Å². The molecule has 0 bridgehead atoms. The Labute approximate surface area is 106 Å². The molecule has 1 aromatic heterocycles. The second-order valence-electron chi connectivity index (χ2n) is 5.36. The number of aromatic nitrogens is 1. The third-order valence-electron chi connectivity index (χ3n) is 3.62. The summed E-state index contributed by atoms with van der Waals surface area (Å²) < 4.78 is 5.12. The first-order valence-electron chi connectivity index (χ1n) is 6.49. The highest BCUT2D eigenvalue weighted by Crippen LogP contribution is 2.29. The fourth-order valence-electron chi connectivity index (χ4n) is 2.63. The normalized spacial score (nSPS) is 21.6. The van der Waals surface area contributed by atoms with Crippen molar-refractivity contribution < 1.29 is 9.32 Å². The standard InChI is InChI=1S/C13H20N2O3/c1-8(2)12(10-7-11(16)14-18-10)13(17)15-6-4-5-9(15)3/h7-9,12H,4-6H2,1-3H3,(H,14,16). The Morgan fingerprint density at radius 3 is 2.72 bits per heavy atom. The van der Waals surface area contributed by atoms with E-state index in [2.05, 4.69) is 12.1 Å². The smallest absolute Gasteiger partial charge is 0.280 e. The Morgan fingerprint density at radius 1 is 1.56 bits per heavy atom. The highest BCUT2D eigenvalue weighted by atomic mass is 16.5. The summed E-state index contributed by atoms with van der Waals surface area (Å²) in [6.45, 7) is 6.81. The fourth-order valence-corrected chi connectivity index (χ4v) is 2.63. The van der Waals surface area contributed by atoms with E-state index in [0.717, 1.165) is 19.4 Å². The first-order chi connectivity index (χ1) is 8.50. The van der Waals surface area contributed by atoms with Crippen LogP contribution in [-0.4, -0.2) is 28.6 Å². The van der Waals surface area contributed by atoms with E-state index in [0.29, 0.717) is 5.76 Å². The van der Waals surface area contributed by atoms with Gasteiger partial charge in [-0.25, -0.2) is 0 Å². The molecule has 0 spiro atoms. The number of amides is 1. The zero-order chi connectivity index (χ0) is 13.3. The van der Waals surface area contributed by atoms with Gasteiger partial charge in [-0.3, -0.25) is 9.59 Å². The van der Waals surface area contributed by atoms with E-state index in [-0.39, 0.29) is 29.3 Å². The lowest BCUT2D eigenvalue weighted by Gasteiger charge is -2.27. The Bertz CT molecular complexity index is 475. The molecule has 1 aliphatic heterocycles. The van der Waals surface area contributed by atoms with Crippen LogP contribution in [0.15, 0.2) is 15.4 Å². The molecule has 2 heterocycles. The summed E-state index contributed by atoms with van der Waals surface area (Å²) in [5, 5.41) is 2.26. The van der Waals surface area contributed by atoms with Crippen molar-refractivity contribution in [3.63, 3.8) is 0 Å². The van der Waals surface area contributed by atoms with Gasteiger partial charge in [0.15, 0.2) is 5.76 Å². The molecule has 0 aromatic carbocycles. The Morgan fingerprint density at radius 2 is 2.28 bits per heavy atom. The summed E-state index contributed by atoms with van der Waals surface area (Å²) in [4.78, 5) is 25.6. The molecule has 0 aliphatic carbocycles. The molecule has 0 radical (unpaired) electrons. The van der Waals surface area contributed by atoms with E-state index in [9.17, 15) is 9.59 Å². The number of carbonyl (C=O) groups excluding carboxylic acids is 1. The maximum Gasteiger partial charge on any atom is 0.280 e. The summed E-state index contributed by atoms with van der Waals surface area (Å²) in [6.07, 6.45) is 2.10. The Hall–Kier alpha value is -1.52. The van der Waals surface area contributed by atoms with Crippen LogP contribution in [0.2, 0.25) is 0 Å². The molecule has 5 nitrogen and oxygen atoms in total. The monoisotopic (exact) mass is 252 g/mol. The van der Waals surface area contributed by atoms with E-state index < -0.39 is 0 Å². The maximum absolute atomic E-state index is 12.6. The lowest BCUT2D eigenvalue weighted by molar-refractivity contribution is -0.134. The molecule has 1 aromatic rings. The second-order valence-corrected chi connectivity index (χ2v) is 5.36. The SMILES string of the molecule is CC(C)C(C(=O)N1CCCC1C)c1cc(=O)[nH]o1. The topological polar surface area (TPSA) is 66.3 Å². The zero-order valence-corrected chi connectivity index (χ0v) is 11.1. The summed E-state index contributed by atoms with van der Waals surface area (Å²) in [7, 11) is 0. The molecule has 2 rings (SSSR count). The average molecular weight is 252 g/mol. The number of hydrogen-bond acceptors (Lipinski definition) is 3. The molecule has 2 atom stereocenters. The van der Waals surface area contributed by atoms with E-state index in [4.69, 9.17) is 4.52 Å². The Balaban J connectivity index is 2.25. The molecular weight excluding hydrogens is 232 g/mol. The maximum atomic E-state index is 12.6. The number of nitrogens with one attached hydrogen (secondary N) is 1. The number of carbonyl (C=O) groups is 1. The van der Waals surface area contributed by atoms with E-state index in [1.807, 2.05) is 18.7 Å². The highest BCUT2D eigenvalue weighted by molar-refractivity contribution is 5.83. The minimum Gasteiger partial charge on any atom is -0.383 e. The molecule has 2 unspecified atom stereocenters. The molecule has 1 N–H and O–H groups in total. The summed E-state index contributed by atoms with van der Waals surface area (Å²) in [5.41, 5.74) is -0.294. The van der Waals surface area contributed by atoms with Gasteiger partial charge in [0.2, 0.25) is 5.91 Å². The predicted molar refractivity (Wildman–Crippen MR) is 67.3 cm³/mol. The number of aromatic amines is 1. The van der Waals surface area contributed by atoms with Crippen LogP contribution in [0.3, 0.4) is 0 Å². The van der Waals surface area contributed by atoms with Crippen LogP contribution in [0.25, 0.3) is 0 Å². The van der Waals surface area contributed by atoms with Gasteiger partial charge in [-0.15, -0.1) is 0 Å². The second kappa shape index (κ2) is 5.00. The molecule has 1 fully saturated rings. The number of rotatable bonds is 3. The molecule has 1 saturated heterocycles. The van der Waals surface area contributed by atoms with Gasteiger partial charge in [0, 0.05) is 18.7 Å². The molecular formula is C13H20N2O3. The van der Waals surface area contributed by atoms with Crippen molar-refractivity contribution >= 4 is 5.91 Å². The van der Waals surface area contributed by atoms with Crippen molar-refractivity contribution in [2.75, 3.05) is 6.54 Å². The summed E-state index contributed by atoms with van der Waals surface area (Å²) in [6, 6.07) is 1.66. The average Bonchev–Trinajstić information content (AvgIpc) is 2.87. The lowest BCUT2D eigenvalue weighted by atomic mass is 9.91. The van der Waals surface area contributed by atoms with Gasteiger partial charge in [-0.2, -0.15) is 5.16 Å². The molecule has 100 valence electrons. The third kappa shape index (κ3) is 2.35. The van der Waals surface area contributed by atoms with Gasteiger partial charge in [-0.1, -0.05) is 13.8 Å². The number of nitrogens with zero attached hydrogens (tertiary/aromatic N) is 1. The van der Waals surface area contributed by atoms with Gasteiger partial charge in [0.25, 0.3) is 5.56 Å². The first kappa shape index (κ1) is 12.9. The molecule has 18 heavy (non-hydrogen) atoms. The van der Waals surface area contributed by atoms with Gasteiger partial charge in [0.05, 0.1) is 0 Å². The van der Waals surface area contributed by atoms with Crippen LogP contribution in [0.1, 0.15) is 45.3 Å². The van der Waals surface area contributed by atoms with Crippen molar-refractivity contribution in [2.45, 2.75) is 45.6 Å². The van der Waals surface area contributed by atoms with E-state index in [1.54, 1.807) is 0 Å². The first-order valence-corrected chi connectivity index (χ1v) is 6.49. The van der Waals surface area contributed by atoms with Crippen LogP contribution < -0.4 is 5.56 Å². The largest absolute Gasteiger partial charge is 0.383 e. The highest BCUT2D eigenvalue weighted by Gasteiger charge is 2.35. The number of hydrogen-bond donors (Lipinski definition) is 1. The van der Waals surface area contributed by atoms with Gasteiger partial charge in [0.1, 0.15) is 5.92 Å². The molecule has 0 saturated carbocycles. The fraction of sp³-hybridized carbons (Fsp3) is 0.692. The zero-order valence-electron chi connectivity index (χ0n) is 11.1. The molecule has 1 aliphatic rings. The van der Waals surface area contributed by atoms with Crippen molar-refractivity contribution in [3.05, 3.63) is 22.2 Å².